The average Bonchev–Trinajstić information content (AvgIpc) is 2.96. The zero-order valence-electron chi connectivity index (χ0n) is 11.9. The monoisotopic (exact) mass is 331 g/mol. The molecule has 2 aliphatic carbocycles. The van der Waals surface area contributed by atoms with Gasteiger partial charge in [0, 0.05) is 22.5 Å². The number of nitrogens with zero attached hydrogens (tertiary/aromatic N) is 1. The molecular weight excluding hydrogens is 310 g/mol. The summed E-state index contributed by atoms with van der Waals surface area (Å²) in [6, 6.07) is 8.75. The normalized spacial score (nSPS) is 42.1. The Morgan fingerprint density at radius 2 is 1.85 bits per heavy atom. The lowest BCUT2D eigenvalue weighted by Crippen LogP contribution is -2.58. The van der Waals surface area contributed by atoms with Crippen LogP contribution in [0.2, 0.25) is 0 Å². The van der Waals surface area contributed by atoms with E-state index >= 15 is 0 Å². The van der Waals surface area contributed by atoms with Crippen LogP contribution in [0.4, 0.5) is 0 Å². The van der Waals surface area contributed by atoms with Crippen molar-refractivity contribution in [1.82, 2.24) is 4.90 Å². The average molecular weight is 332 g/mol. The molecule has 5 aliphatic rings. The maximum atomic E-state index is 3.71. The van der Waals surface area contributed by atoms with Crippen LogP contribution in [-0.4, -0.2) is 17.5 Å². The van der Waals surface area contributed by atoms with Gasteiger partial charge in [-0.2, -0.15) is 0 Å². The molecule has 0 N–H and O–H groups in total. The van der Waals surface area contributed by atoms with Crippen LogP contribution in [0.25, 0.3) is 0 Å². The maximum Gasteiger partial charge on any atom is 0.0385 e. The quantitative estimate of drug-likeness (QED) is 0.655. The number of rotatable bonds is 0. The van der Waals surface area contributed by atoms with Crippen molar-refractivity contribution in [2.75, 3.05) is 6.54 Å². The number of benzene rings is 1. The molecular formula is C18H22BrN. The second-order valence-corrected chi connectivity index (χ2v) is 8.22. The number of hydrogen-bond donors (Lipinski definition) is 0. The molecule has 1 nitrogen and oxygen atoms in total. The van der Waals surface area contributed by atoms with Crippen molar-refractivity contribution >= 4 is 15.9 Å². The maximum absolute atomic E-state index is 3.71. The lowest BCUT2D eigenvalue weighted by Gasteiger charge is -2.59. The SMILES string of the molecule is Brc1ccc2c(c1)[C@H]1C3CCCCN3[C@@H]2[C@H]2CCC[C@H]21. The zero-order valence-corrected chi connectivity index (χ0v) is 13.5. The van der Waals surface area contributed by atoms with Crippen LogP contribution >= 0.6 is 15.9 Å². The summed E-state index contributed by atoms with van der Waals surface area (Å²) in [5, 5.41) is 0. The van der Waals surface area contributed by atoms with Gasteiger partial charge in [-0.05, 0) is 67.3 Å². The standard InChI is InChI=1S/C18H22BrN/c19-11-7-8-14-15(10-11)17-12-4-3-5-13(12)18(14)20-9-2-1-6-16(17)20/h7-8,10,12-13,16-18H,1-6,9H2/t12-,13+,16?,17+,18-/m1/s1. The highest BCUT2D eigenvalue weighted by molar-refractivity contribution is 9.10. The van der Waals surface area contributed by atoms with Crippen LogP contribution in [0, 0.1) is 11.8 Å². The van der Waals surface area contributed by atoms with Crippen LogP contribution < -0.4 is 0 Å². The molecule has 1 saturated carbocycles. The van der Waals surface area contributed by atoms with Gasteiger partial charge in [-0.1, -0.05) is 34.8 Å². The van der Waals surface area contributed by atoms with Crippen LogP contribution in [0.3, 0.4) is 0 Å². The summed E-state index contributed by atoms with van der Waals surface area (Å²) in [6.07, 6.45) is 8.75. The van der Waals surface area contributed by atoms with Crippen molar-refractivity contribution < 1.29 is 0 Å². The van der Waals surface area contributed by atoms with E-state index in [4.69, 9.17) is 0 Å². The molecule has 2 heteroatoms. The molecule has 1 aromatic rings. The summed E-state index contributed by atoms with van der Waals surface area (Å²) in [7, 11) is 0. The van der Waals surface area contributed by atoms with E-state index in [1.54, 1.807) is 11.1 Å². The molecule has 0 radical (unpaired) electrons. The highest BCUT2D eigenvalue weighted by Crippen LogP contribution is 2.62. The molecule has 5 atom stereocenters. The summed E-state index contributed by atoms with van der Waals surface area (Å²) < 4.78 is 1.28. The van der Waals surface area contributed by atoms with Crippen molar-refractivity contribution in [3.05, 3.63) is 33.8 Å². The highest BCUT2D eigenvalue weighted by Gasteiger charge is 2.56. The van der Waals surface area contributed by atoms with E-state index in [1.807, 2.05) is 0 Å². The van der Waals surface area contributed by atoms with Gasteiger partial charge in [0.05, 0.1) is 0 Å². The molecule has 2 saturated heterocycles. The summed E-state index contributed by atoms with van der Waals surface area (Å²) in [6.45, 7) is 1.35. The third-order valence-corrected chi connectivity index (χ3v) is 7.08. The predicted molar refractivity (Wildman–Crippen MR) is 84.8 cm³/mol. The summed E-state index contributed by atoms with van der Waals surface area (Å²) in [5.41, 5.74) is 3.38. The largest absolute Gasteiger partial charge is 0.292 e. The van der Waals surface area contributed by atoms with Crippen LogP contribution in [0.15, 0.2) is 22.7 Å². The van der Waals surface area contributed by atoms with Gasteiger partial charge in [0.2, 0.25) is 0 Å². The Bertz CT molecular complexity index is 554. The topological polar surface area (TPSA) is 3.24 Å². The molecule has 0 aromatic heterocycles. The van der Waals surface area contributed by atoms with Crippen LogP contribution in [-0.2, 0) is 0 Å². The molecule has 20 heavy (non-hydrogen) atoms. The van der Waals surface area contributed by atoms with Gasteiger partial charge in [0.25, 0.3) is 0 Å². The first-order valence-corrected chi connectivity index (χ1v) is 9.19. The number of piperidine rings is 2. The minimum Gasteiger partial charge on any atom is -0.292 e. The third-order valence-electron chi connectivity index (χ3n) is 6.58. The van der Waals surface area contributed by atoms with Crippen LogP contribution in [0.1, 0.15) is 61.6 Å². The van der Waals surface area contributed by atoms with E-state index in [0.717, 1.165) is 29.8 Å². The van der Waals surface area contributed by atoms with E-state index in [2.05, 4.69) is 39.0 Å². The summed E-state index contributed by atoms with van der Waals surface area (Å²) in [4.78, 5) is 2.91. The summed E-state index contributed by atoms with van der Waals surface area (Å²) >= 11 is 3.71. The first kappa shape index (κ1) is 12.2. The summed E-state index contributed by atoms with van der Waals surface area (Å²) in [5.74, 6) is 2.78. The second kappa shape index (κ2) is 4.33. The molecule has 3 heterocycles. The Kier molecular flexibility index (Phi) is 2.65. The van der Waals surface area contributed by atoms with Crippen molar-refractivity contribution in [2.45, 2.75) is 56.5 Å². The molecule has 1 aromatic carbocycles. The first-order chi connectivity index (χ1) is 9.84. The van der Waals surface area contributed by atoms with Crippen LogP contribution in [0.5, 0.6) is 0 Å². The first-order valence-electron chi connectivity index (χ1n) is 8.40. The van der Waals surface area contributed by atoms with Gasteiger partial charge in [-0.15, -0.1) is 0 Å². The van der Waals surface area contributed by atoms with E-state index in [0.29, 0.717) is 0 Å². The third kappa shape index (κ3) is 1.47. The van der Waals surface area contributed by atoms with Gasteiger partial charge < -0.3 is 0 Å². The Balaban J connectivity index is 1.71. The van der Waals surface area contributed by atoms with Crippen molar-refractivity contribution in [3.8, 4) is 0 Å². The highest BCUT2D eigenvalue weighted by atomic mass is 79.9. The van der Waals surface area contributed by atoms with E-state index in [9.17, 15) is 0 Å². The minimum absolute atomic E-state index is 0.751. The predicted octanol–water partition coefficient (Wildman–Crippen LogP) is 4.87. The van der Waals surface area contributed by atoms with Gasteiger partial charge >= 0.3 is 0 Å². The van der Waals surface area contributed by atoms with Crippen molar-refractivity contribution in [3.63, 3.8) is 0 Å². The van der Waals surface area contributed by atoms with Gasteiger partial charge in [-0.25, -0.2) is 0 Å². The zero-order chi connectivity index (χ0) is 13.3. The second-order valence-electron chi connectivity index (χ2n) is 7.30. The van der Waals surface area contributed by atoms with E-state index < -0.39 is 0 Å². The van der Waals surface area contributed by atoms with Gasteiger partial charge in [0.1, 0.15) is 0 Å². The molecule has 3 aliphatic heterocycles. The van der Waals surface area contributed by atoms with Gasteiger partial charge in [-0.3, -0.25) is 4.90 Å². The van der Waals surface area contributed by atoms with Gasteiger partial charge in [0.15, 0.2) is 0 Å². The van der Waals surface area contributed by atoms with Crippen molar-refractivity contribution in [1.29, 1.82) is 0 Å². The minimum atomic E-state index is 0.751. The number of halogens is 1. The fraction of sp³-hybridized carbons (Fsp3) is 0.667. The Morgan fingerprint density at radius 3 is 2.80 bits per heavy atom. The van der Waals surface area contributed by atoms with Crippen molar-refractivity contribution in [2.24, 2.45) is 11.8 Å². The molecule has 1 unspecified atom stereocenters. The lowest BCUT2D eigenvalue weighted by atomic mass is 9.59. The van der Waals surface area contributed by atoms with E-state index in [-0.39, 0.29) is 0 Å². The molecule has 0 spiro atoms. The molecule has 2 bridgehead atoms. The Hall–Kier alpha value is -0.340. The molecule has 106 valence electrons. The number of hydrogen-bond acceptors (Lipinski definition) is 1. The molecule has 3 fully saturated rings. The molecule has 0 amide bonds. The molecule has 6 rings (SSSR count). The smallest absolute Gasteiger partial charge is 0.0385 e. The fourth-order valence-electron chi connectivity index (χ4n) is 6.05. The Labute approximate surface area is 129 Å². The lowest BCUT2D eigenvalue weighted by molar-refractivity contribution is -0.0441. The Morgan fingerprint density at radius 1 is 0.950 bits per heavy atom. The fourth-order valence-corrected chi connectivity index (χ4v) is 6.43. The van der Waals surface area contributed by atoms with E-state index in [1.165, 1.54) is 49.5 Å².